The van der Waals surface area contributed by atoms with Crippen LogP contribution in [0.25, 0.3) is 10.8 Å². The topological polar surface area (TPSA) is 99.6 Å². The molecule has 4 atom stereocenters. The molecule has 0 radical (unpaired) electrons. The molecule has 9 heteroatoms. The number of carbonyl (C=O) groups is 3. The molecule has 192 valence electrons. The van der Waals surface area contributed by atoms with Crippen LogP contribution in [0, 0.1) is 11.8 Å². The van der Waals surface area contributed by atoms with Gasteiger partial charge in [-0.1, -0.05) is 60.7 Å². The number of benzene rings is 3. The van der Waals surface area contributed by atoms with Crippen molar-refractivity contribution < 1.29 is 19.5 Å². The van der Waals surface area contributed by atoms with E-state index < -0.39 is 35.3 Å². The normalized spacial score (nSPS) is 24.7. The minimum atomic E-state index is -1.64. The lowest BCUT2D eigenvalue weighted by Gasteiger charge is -2.31. The van der Waals surface area contributed by atoms with E-state index in [0.29, 0.717) is 10.8 Å². The van der Waals surface area contributed by atoms with Crippen LogP contribution in [0.2, 0.25) is 0 Å². The summed E-state index contributed by atoms with van der Waals surface area (Å²) >= 11 is 2.92. The maximum atomic E-state index is 13.9. The van der Waals surface area contributed by atoms with Gasteiger partial charge in [-0.25, -0.2) is 4.98 Å². The van der Waals surface area contributed by atoms with Crippen molar-refractivity contribution in [1.82, 2.24) is 15.2 Å². The molecule has 6 rings (SSSR count). The van der Waals surface area contributed by atoms with Gasteiger partial charge in [0.05, 0.1) is 17.9 Å². The Morgan fingerprint density at radius 3 is 2.53 bits per heavy atom. The van der Waals surface area contributed by atoms with Gasteiger partial charge in [-0.3, -0.25) is 24.6 Å². The first-order chi connectivity index (χ1) is 18.5. The molecule has 38 heavy (non-hydrogen) atoms. The minimum Gasteiger partial charge on any atom is -0.480 e. The molecule has 4 unspecified atom stereocenters. The summed E-state index contributed by atoms with van der Waals surface area (Å²) in [5, 5.41) is 18.3. The van der Waals surface area contributed by atoms with Crippen molar-refractivity contribution in [1.29, 1.82) is 0 Å². The van der Waals surface area contributed by atoms with Crippen molar-refractivity contribution in [2.75, 3.05) is 12.3 Å². The van der Waals surface area contributed by atoms with Crippen molar-refractivity contribution >= 4 is 51.7 Å². The monoisotopic (exact) mass is 543 g/mol. The summed E-state index contributed by atoms with van der Waals surface area (Å²) in [7, 11) is 0. The lowest BCUT2D eigenvalue weighted by Crippen LogP contribution is -2.57. The van der Waals surface area contributed by atoms with Gasteiger partial charge in [0.2, 0.25) is 11.8 Å². The molecule has 3 aromatic carbocycles. The number of carboxylic acid groups (broad SMARTS) is 1. The molecule has 7 nitrogen and oxygen atoms in total. The van der Waals surface area contributed by atoms with Crippen LogP contribution in [0.5, 0.6) is 0 Å². The smallest absolute Gasteiger partial charge is 0.325 e. The average molecular weight is 544 g/mol. The highest BCUT2D eigenvalue weighted by atomic mass is 32.2. The molecule has 1 aromatic heterocycles. The third-order valence-electron chi connectivity index (χ3n) is 7.47. The molecule has 2 aliphatic heterocycles. The fourth-order valence-electron chi connectivity index (χ4n) is 5.76. The number of hydrogen-bond acceptors (Lipinski definition) is 7. The quantitative estimate of drug-likeness (QED) is 0.251. The number of fused-ring (bicyclic) bond motifs is 2. The second-order valence-electron chi connectivity index (χ2n) is 9.62. The number of likely N-dealkylation sites (tertiary alicyclic amines) is 1. The van der Waals surface area contributed by atoms with Gasteiger partial charge in [-0.15, -0.1) is 23.1 Å². The molecular formula is C29H25N3O4S2. The number of aromatic nitrogens is 1. The molecule has 2 N–H and O–H groups in total. The molecule has 4 aromatic rings. The number of thioether (sulfide) groups is 1. The second kappa shape index (κ2) is 9.98. The van der Waals surface area contributed by atoms with Crippen molar-refractivity contribution in [3.8, 4) is 0 Å². The average Bonchev–Trinajstić information content (AvgIpc) is 3.63. The number of aliphatic carboxylic acids is 1. The Hall–Kier alpha value is -3.53. The van der Waals surface area contributed by atoms with Crippen LogP contribution >= 0.6 is 23.1 Å². The van der Waals surface area contributed by atoms with E-state index in [1.807, 2.05) is 72.8 Å². The van der Waals surface area contributed by atoms with Crippen LogP contribution in [0.15, 0.2) is 89.3 Å². The van der Waals surface area contributed by atoms with Gasteiger partial charge in [-0.05, 0) is 28.5 Å². The molecule has 2 aliphatic rings. The largest absolute Gasteiger partial charge is 0.480 e. The van der Waals surface area contributed by atoms with E-state index in [1.54, 1.807) is 23.3 Å². The number of amides is 2. The van der Waals surface area contributed by atoms with E-state index in [4.69, 9.17) is 0 Å². The fraction of sp³-hybridized carbons (Fsp3) is 0.241. The maximum absolute atomic E-state index is 13.9. The Kier molecular flexibility index (Phi) is 6.51. The van der Waals surface area contributed by atoms with E-state index >= 15 is 0 Å². The van der Waals surface area contributed by atoms with Crippen molar-refractivity contribution in [3.63, 3.8) is 0 Å². The number of nitrogens with one attached hydrogen (secondary N) is 1. The minimum absolute atomic E-state index is 0.0713. The van der Waals surface area contributed by atoms with Crippen molar-refractivity contribution in [2.24, 2.45) is 11.8 Å². The second-order valence-corrected chi connectivity index (χ2v) is 11.7. The summed E-state index contributed by atoms with van der Waals surface area (Å²) < 4.78 is 0. The molecule has 3 heterocycles. The Morgan fingerprint density at radius 2 is 1.79 bits per heavy atom. The highest BCUT2D eigenvalue weighted by Gasteiger charge is 2.68. The summed E-state index contributed by atoms with van der Waals surface area (Å²) in [6.07, 6.45) is 1.71. The maximum Gasteiger partial charge on any atom is 0.325 e. The zero-order chi connectivity index (χ0) is 26.3. The first-order valence-corrected chi connectivity index (χ1v) is 14.3. The molecular weight excluding hydrogens is 518 g/mol. The summed E-state index contributed by atoms with van der Waals surface area (Å²) in [5.74, 6) is -3.23. The van der Waals surface area contributed by atoms with E-state index in [2.05, 4.69) is 10.3 Å². The van der Waals surface area contributed by atoms with Crippen LogP contribution < -0.4 is 5.32 Å². The first-order valence-electron chi connectivity index (χ1n) is 12.4. The SMILES string of the molecule is O=C1C2C(c3nccs3)NC(Cc3ccc4ccccc4c3)(C(=O)O)C2C(=O)N1CCSc1ccccc1. The molecule has 2 fully saturated rings. The number of carboxylic acids is 1. The van der Waals surface area contributed by atoms with E-state index in [1.165, 1.54) is 16.2 Å². The van der Waals surface area contributed by atoms with Gasteiger partial charge in [0, 0.05) is 35.2 Å². The molecule has 2 amide bonds. The van der Waals surface area contributed by atoms with Crippen molar-refractivity contribution in [2.45, 2.75) is 22.9 Å². The predicted octanol–water partition coefficient (Wildman–Crippen LogP) is 4.40. The van der Waals surface area contributed by atoms with Gasteiger partial charge in [0.15, 0.2) is 0 Å². The van der Waals surface area contributed by atoms with Gasteiger partial charge in [0.25, 0.3) is 0 Å². The summed E-state index contributed by atoms with van der Waals surface area (Å²) in [5.41, 5.74) is -0.854. The Bertz CT molecular complexity index is 1510. The number of hydrogen-bond donors (Lipinski definition) is 2. The van der Waals surface area contributed by atoms with E-state index in [0.717, 1.165) is 21.2 Å². The molecule has 0 aliphatic carbocycles. The zero-order valence-corrected chi connectivity index (χ0v) is 22.0. The van der Waals surface area contributed by atoms with Gasteiger partial charge in [0.1, 0.15) is 10.5 Å². The Balaban J connectivity index is 1.34. The highest BCUT2D eigenvalue weighted by Crippen LogP contribution is 2.50. The number of imide groups is 1. The number of thiazole rings is 1. The predicted molar refractivity (Wildman–Crippen MR) is 147 cm³/mol. The lowest BCUT2D eigenvalue weighted by atomic mass is 9.76. The standard InChI is InChI=1S/C29H25N3O4S2/c33-26-22-23(27(34)32(26)13-15-37-21-8-2-1-3-9-21)29(28(35)36,31-24(22)25-30-12-14-38-25)17-18-10-11-19-6-4-5-7-20(19)16-18/h1-12,14,16,22-24,31H,13,15,17H2,(H,35,36). The number of nitrogens with zero attached hydrogens (tertiary/aromatic N) is 2. The molecule has 2 saturated heterocycles. The highest BCUT2D eigenvalue weighted by molar-refractivity contribution is 7.99. The van der Waals surface area contributed by atoms with Gasteiger partial charge in [-0.2, -0.15) is 0 Å². The zero-order valence-electron chi connectivity index (χ0n) is 20.3. The Morgan fingerprint density at radius 1 is 1.03 bits per heavy atom. The van der Waals surface area contributed by atoms with Crippen LogP contribution in [0.1, 0.15) is 16.6 Å². The number of carbonyl (C=O) groups excluding carboxylic acids is 2. The molecule has 0 bridgehead atoms. The van der Waals surface area contributed by atoms with E-state index in [9.17, 15) is 19.5 Å². The fourth-order valence-corrected chi connectivity index (χ4v) is 7.35. The number of rotatable bonds is 8. The van der Waals surface area contributed by atoms with Gasteiger partial charge >= 0.3 is 5.97 Å². The molecule has 0 saturated carbocycles. The summed E-state index contributed by atoms with van der Waals surface area (Å²) in [6.45, 7) is 0.223. The lowest BCUT2D eigenvalue weighted by molar-refractivity contribution is -0.151. The van der Waals surface area contributed by atoms with Crippen LogP contribution in [-0.2, 0) is 20.8 Å². The third kappa shape index (κ3) is 4.20. The van der Waals surface area contributed by atoms with Gasteiger partial charge < -0.3 is 5.11 Å². The third-order valence-corrected chi connectivity index (χ3v) is 9.32. The summed E-state index contributed by atoms with van der Waals surface area (Å²) in [6, 6.07) is 22.8. The first kappa shape index (κ1) is 24.8. The van der Waals surface area contributed by atoms with Crippen molar-refractivity contribution in [3.05, 3.63) is 94.9 Å². The summed E-state index contributed by atoms with van der Waals surface area (Å²) in [4.78, 5) is 47.3. The van der Waals surface area contributed by atoms with Crippen LogP contribution in [0.3, 0.4) is 0 Å². The van der Waals surface area contributed by atoms with Crippen LogP contribution in [-0.4, -0.2) is 50.6 Å². The Labute approximate surface area is 227 Å². The van der Waals surface area contributed by atoms with Crippen LogP contribution in [0.4, 0.5) is 0 Å². The van der Waals surface area contributed by atoms with E-state index in [-0.39, 0.29) is 18.9 Å². The molecule has 0 spiro atoms.